The molecule has 2 aromatic carbocycles. The molecule has 25 heavy (non-hydrogen) atoms. The fourth-order valence-corrected chi connectivity index (χ4v) is 3.31. The van der Waals surface area contributed by atoms with Gasteiger partial charge in [0.2, 0.25) is 10.0 Å². The lowest BCUT2D eigenvalue weighted by atomic mass is 10.3. The second-order valence-electron chi connectivity index (χ2n) is 5.31. The molecule has 0 saturated carbocycles. The topological polar surface area (TPSA) is 73.9 Å². The van der Waals surface area contributed by atoms with Gasteiger partial charge >= 0.3 is 0 Å². The molecule has 0 saturated heterocycles. The number of hydrogen-bond acceptors (Lipinski definition) is 5. The summed E-state index contributed by atoms with van der Waals surface area (Å²) in [5, 5.41) is 0. The van der Waals surface area contributed by atoms with Gasteiger partial charge in [0.25, 0.3) is 0 Å². The number of halogens is 1. The minimum Gasteiger partial charge on any atom is -0.497 e. The van der Waals surface area contributed by atoms with Crippen molar-refractivity contribution in [3.05, 3.63) is 48.3 Å². The SMILES string of the molecule is COc1ccc(OCC(C)NS(=O)(=O)c2ccc(OC)c(F)c2)cc1. The van der Waals surface area contributed by atoms with E-state index in [1.54, 1.807) is 38.3 Å². The summed E-state index contributed by atoms with van der Waals surface area (Å²) in [6, 6.07) is 9.87. The summed E-state index contributed by atoms with van der Waals surface area (Å²) in [7, 11) is -0.994. The molecule has 0 heterocycles. The molecule has 2 aromatic rings. The summed E-state index contributed by atoms with van der Waals surface area (Å²) in [4.78, 5) is -0.179. The monoisotopic (exact) mass is 369 g/mol. The first kappa shape index (κ1) is 19.0. The van der Waals surface area contributed by atoms with Crippen LogP contribution in [0.3, 0.4) is 0 Å². The molecule has 1 atom stereocenters. The van der Waals surface area contributed by atoms with Gasteiger partial charge in [-0.15, -0.1) is 0 Å². The van der Waals surface area contributed by atoms with Crippen LogP contribution in [0.2, 0.25) is 0 Å². The zero-order chi connectivity index (χ0) is 18.4. The smallest absolute Gasteiger partial charge is 0.241 e. The minimum atomic E-state index is -3.87. The molecular weight excluding hydrogens is 349 g/mol. The predicted octanol–water partition coefficient (Wildman–Crippen LogP) is 2.59. The summed E-state index contributed by atoms with van der Waals surface area (Å²) in [6.07, 6.45) is 0. The molecule has 1 unspecified atom stereocenters. The lowest BCUT2D eigenvalue weighted by Crippen LogP contribution is -2.36. The highest BCUT2D eigenvalue weighted by Crippen LogP contribution is 2.21. The van der Waals surface area contributed by atoms with E-state index in [0.717, 1.165) is 6.07 Å². The second-order valence-corrected chi connectivity index (χ2v) is 7.02. The molecule has 6 nitrogen and oxygen atoms in total. The maximum Gasteiger partial charge on any atom is 0.241 e. The number of benzene rings is 2. The third kappa shape index (κ3) is 5.07. The Hall–Kier alpha value is -2.32. The summed E-state index contributed by atoms with van der Waals surface area (Å²) in [5.41, 5.74) is 0. The van der Waals surface area contributed by atoms with Crippen molar-refractivity contribution in [2.75, 3.05) is 20.8 Å². The Morgan fingerprint density at radius 1 is 1.04 bits per heavy atom. The molecule has 136 valence electrons. The van der Waals surface area contributed by atoms with Crippen LogP contribution >= 0.6 is 0 Å². The molecule has 0 radical (unpaired) electrons. The molecular formula is C17H20FNO5S. The van der Waals surface area contributed by atoms with E-state index >= 15 is 0 Å². The lowest BCUT2D eigenvalue weighted by Gasteiger charge is -2.16. The maximum atomic E-state index is 13.7. The van der Waals surface area contributed by atoms with Gasteiger partial charge in [-0.05, 0) is 49.4 Å². The summed E-state index contributed by atoms with van der Waals surface area (Å²) >= 11 is 0. The van der Waals surface area contributed by atoms with Crippen molar-refractivity contribution in [2.24, 2.45) is 0 Å². The first-order valence-corrected chi connectivity index (χ1v) is 8.96. The van der Waals surface area contributed by atoms with Gasteiger partial charge < -0.3 is 14.2 Å². The molecule has 0 aliphatic carbocycles. The Morgan fingerprint density at radius 2 is 1.68 bits per heavy atom. The predicted molar refractivity (Wildman–Crippen MR) is 91.2 cm³/mol. The Bertz CT molecular complexity index is 808. The normalized spacial score (nSPS) is 12.5. The van der Waals surface area contributed by atoms with Crippen molar-refractivity contribution in [2.45, 2.75) is 17.9 Å². The molecule has 0 fully saturated rings. The van der Waals surface area contributed by atoms with Crippen LogP contribution in [0.15, 0.2) is 47.4 Å². The van der Waals surface area contributed by atoms with E-state index in [0.29, 0.717) is 11.5 Å². The Morgan fingerprint density at radius 3 is 2.24 bits per heavy atom. The highest BCUT2D eigenvalue weighted by Gasteiger charge is 2.19. The van der Waals surface area contributed by atoms with Crippen LogP contribution in [0.1, 0.15) is 6.92 Å². The Labute approximate surface area is 146 Å². The molecule has 8 heteroatoms. The van der Waals surface area contributed by atoms with Gasteiger partial charge in [0.05, 0.1) is 25.2 Å². The number of hydrogen-bond donors (Lipinski definition) is 1. The molecule has 1 N–H and O–H groups in total. The van der Waals surface area contributed by atoms with Gasteiger partial charge in [0, 0.05) is 0 Å². The van der Waals surface area contributed by atoms with E-state index in [1.165, 1.54) is 19.2 Å². The number of ether oxygens (including phenoxy) is 3. The van der Waals surface area contributed by atoms with Crippen LogP contribution < -0.4 is 18.9 Å². The Kier molecular flexibility index (Phi) is 6.22. The van der Waals surface area contributed by atoms with E-state index in [9.17, 15) is 12.8 Å². The largest absolute Gasteiger partial charge is 0.497 e. The summed E-state index contributed by atoms with van der Waals surface area (Å²) in [5.74, 6) is 0.521. The lowest BCUT2D eigenvalue weighted by molar-refractivity contribution is 0.287. The Balaban J connectivity index is 1.98. The highest BCUT2D eigenvalue weighted by atomic mass is 32.2. The molecule has 0 amide bonds. The highest BCUT2D eigenvalue weighted by molar-refractivity contribution is 7.89. The van der Waals surface area contributed by atoms with Gasteiger partial charge in [-0.3, -0.25) is 0 Å². The second kappa shape index (κ2) is 8.17. The van der Waals surface area contributed by atoms with E-state index in [-0.39, 0.29) is 17.3 Å². The third-order valence-electron chi connectivity index (χ3n) is 3.35. The van der Waals surface area contributed by atoms with Crippen molar-refractivity contribution in [3.63, 3.8) is 0 Å². The van der Waals surface area contributed by atoms with Crippen molar-refractivity contribution in [3.8, 4) is 17.2 Å². The minimum absolute atomic E-state index is 0.0187. The quantitative estimate of drug-likeness (QED) is 0.774. The van der Waals surface area contributed by atoms with E-state index in [1.807, 2.05) is 0 Å². The van der Waals surface area contributed by atoms with Gasteiger partial charge in [0.1, 0.15) is 18.1 Å². The van der Waals surface area contributed by atoms with E-state index in [2.05, 4.69) is 4.72 Å². The molecule has 2 rings (SSSR count). The van der Waals surface area contributed by atoms with Gasteiger partial charge in [0.15, 0.2) is 11.6 Å². The van der Waals surface area contributed by atoms with Crippen molar-refractivity contribution >= 4 is 10.0 Å². The number of rotatable bonds is 8. The molecule has 0 aliphatic rings. The van der Waals surface area contributed by atoms with Crippen LogP contribution in [-0.4, -0.2) is 35.3 Å². The standard InChI is InChI=1S/C17H20FNO5S/c1-12(11-24-14-6-4-13(22-2)5-7-14)19-25(20,21)15-8-9-17(23-3)16(18)10-15/h4-10,12,19H,11H2,1-3H3. The first-order chi connectivity index (χ1) is 11.9. The third-order valence-corrected chi connectivity index (χ3v) is 4.94. The molecule has 0 bridgehead atoms. The molecule has 0 aromatic heterocycles. The average Bonchev–Trinajstić information content (AvgIpc) is 2.60. The number of sulfonamides is 1. The number of nitrogens with one attached hydrogen (secondary N) is 1. The van der Waals surface area contributed by atoms with Crippen LogP contribution in [0.5, 0.6) is 17.2 Å². The number of methoxy groups -OCH3 is 2. The summed E-state index contributed by atoms with van der Waals surface area (Å²) in [6.45, 7) is 1.77. The zero-order valence-corrected chi connectivity index (χ0v) is 15.0. The van der Waals surface area contributed by atoms with Crippen LogP contribution in [0, 0.1) is 5.82 Å². The van der Waals surface area contributed by atoms with Gasteiger partial charge in [-0.1, -0.05) is 0 Å². The van der Waals surface area contributed by atoms with E-state index in [4.69, 9.17) is 14.2 Å². The van der Waals surface area contributed by atoms with E-state index < -0.39 is 21.9 Å². The van der Waals surface area contributed by atoms with Crippen LogP contribution in [0.4, 0.5) is 4.39 Å². The van der Waals surface area contributed by atoms with Gasteiger partial charge in [-0.25, -0.2) is 17.5 Å². The maximum absolute atomic E-state index is 13.7. The molecule has 0 spiro atoms. The van der Waals surface area contributed by atoms with Crippen LogP contribution in [-0.2, 0) is 10.0 Å². The zero-order valence-electron chi connectivity index (χ0n) is 14.2. The summed E-state index contributed by atoms with van der Waals surface area (Å²) < 4.78 is 56.1. The molecule has 0 aliphatic heterocycles. The van der Waals surface area contributed by atoms with Crippen molar-refractivity contribution in [1.29, 1.82) is 0 Å². The van der Waals surface area contributed by atoms with Crippen molar-refractivity contribution in [1.82, 2.24) is 4.72 Å². The van der Waals surface area contributed by atoms with Gasteiger partial charge in [-0.2, -0.15) is 0 Å². The first-order valence-electron chi connectivity index (χ1n) is 7.48. The fourth-order valence-electron chi connectivity index (χ4n) is 2.07. The fraction of sp³-hybridized carbons (Fsp3) is 0.294. The van der Waals surface area contributed by atoms with Crippen molar-refractivity contribution < 1.29 is 27.0 Å². The average molecular weight is 369 g/mol. The van der Waals surface area contributed by atoms with Crippen LogP contribution in [0.25, 0.3) is 0 Å².